The number of aromatic amines is 2. The monoisotopic (exact) mass is 222 g/mol. The van der Waals surface area contributed by atoms with Gasteiger partial charge in [-0.15, -0.1) is 0 Å². The quantitative estimate of drug-likeness (QED) is 0.751. The molecule has 0 spiro atoms. The van der Waals surface area contributed by atoms with Crippen molar-refractivity contribution >= 4 is 12.2 Å². The summed E-state index contributed by atoms with van der Waals surface area (Å²) in [4.78, 5) is 15.4. The van der Waals surface area contributed by atoms with Gasteiger partial charge in [0.25, 0.3) is 0 Å². The Labute approximate surface area is 90.8 Å². The molecule has 5 nitrogen and oxygen atoms in total. The van der Waals surface area contributed by atoms with Crippen LogP contribution in [-0.2, 0) is 0 Å². The molecule has 0 bridgehead atoms. The number of pyridine rings is 1. The van der Waals surface area contributed by atoms with Crippen LogP contribution >= 0.6 is 12.2 Å². The first kappa shape index (κ1) is 9.85. The number of H-pyrrole nitrogens is 2. The third-order valence-electron chi connectivity index (χ3n) is 2.27. The molecule has 1 unspecified atom stereocenters. The summed E-state index contributed by atoms with van der Waals surface area (Å²) in [7, 11) is 0. The Kier molecular flexibility index (Phi) is 2.51. The van der Waals surface area contributed by atoms with E-state index in [9.17, 15) is 4.79 Å². The van der Waals surface area contributed by atoms with Gasteiger partial charge in [-0.05, 0) is 30.8 Å². The van der Waals surface area contributed by atoms with Gasteiger partial charge in [0.15, 0.2) is 4.77 Å². The minimum absolute atomic E-state index is 0.124. The molecule has 78 valence electrons. The first-order valence-corrected chi connectivity index (χ1v) is 4.90. The van der Waals surface area contributed by atoms with Crippen LogP contribution in [0, 0.1) is 4.77 Å². The first-order valence-electron chi connectivity index (χ1n) is 4.49. The number of nitrogens with zero attached hydrogens (tertiary/aromatic N) is 2. The maximum atomic E-state index is 11.4. The van der Waals surface area contributed by atoms with Crippen LogP contribution in [0.4, 0.5) is 0 Å². The Morgan fingerprint density at radius 1 is 1.53 bits per heavy atom. The Bertz CT molecular complexity index is 526. The maximum Gasteiger partial charge on any atom is 0.342 e. The molecule has 2 N–H and O–H groups in total. The van der Waals surface area contributed by atoms with Crippen LogP contribution in [0.25, 0.3) is 0 Å². The lowest BCUT2D eigenvalue weighted by atomic mass is 10.1. The standard InChI is InChI=1S/C9H10N4OS/c1-6(7-3-2-4-10-5-7)13-8(14)11-12-9(13)15/h2-6H,1H3,(H,11,14)(H,12,15). The molecule has 0 aliphatic carbocycles. The second kappa shape index (κ2) is 3.82. The minimum atomic E-state index is -0.239. The van der Waals surface area contributed by atoms with Gasteiger partial charge in [-0.3, -0.25) is 14.6 Å². The van der Waals surface area contributed by atoms with Gasteiger partial charge in [0, 0.05) is 12.4 Å². The summed E-state index contributed by atoms with van der Waals surface area (Å²) in [6, 6.07) is 3.61. The molecular weight excluding hydrogens is 212 g/mol. The van der Waals surface area contributed by atoms with E-state index in [-0.39, 0.29) is 11.7 Å². The van der Waals surface area contributed by atoms with Crippen molar-refractivity contribution in [3.63, 3.8) is 0 Å². The highest BCUT2D eigenvalue weighted by Gasteiger charge is 2.11. The Morgan fingerprint density at radius 2 is 2.33 bits per heavy atom. The van der Waals surface area contributed by atoms with Gasteiger partial charge >= 0.3 is 5.69 Å². The van der Waals surface area contributed by atoms with Crippen molar-refractivity contribution in [2.24, 2.45) is 0 Å². The first-order chi connectivity index (χ1) is 7.20. The van der Waals surface area contributed by atoms with Crippen molar-refractivity contribution in [3.8, 4) is 0 Å². The van der Waals surface area contributed by atoms with Crippen LogP contribution in [0.15, 0.2) is 29.3 Å². The molecule has 0 radical (unpaired) electrons. The predicted molar refractivity (Wildman–Crippen MR) is 58.3 cm³/mol. The molecule has 1 atom stereocenters. The summed E-state index contributed by atoms with van der Waals surface area (Å²) in [5.41, 5.74) is 0.704. The van der Waals surface area contributed by atoms with Crippen molar-refractivity contribution in [1.82, 2.24) is 19.7 Å². The smallest absolute Gasteiger partial charge is 0.272 e. The van der Waals surface area contributed by atoms with Crippen molar-refractivity contribution in [3.05, 3.63) is 45.3 Å². The third-order valence-corrected chi connectivity index (χ3v) is 2.57. The maximum absolute atomic E-state index is 11.4. The molecule has 2 aromatic heterocycles. The summed E-state index contributed by atoms with van der Waals surface area (Å²) in [6.07, 6.45) is 3.41. The van der Waals surface area contributed by atoms with Crippen LogP contribution in [0.2, 0.25) is 0 Å². The second-order valence-corrected chi connectivity index (χ2v) is 3.58. The van der Waals surface area contributed by atoms with Gasteiger partial charge in [-0.25, -0.2) is 9.89 Å². The van der Waals surface area contributed by atoms with Crippen molar-refractivity contribution in [2.45, 2.75) is 13.0 Å². The lowest BCUT2D eigenvalue weighted by Gasteiger charge is -2.10. The average Bonchev–Trinajstić information content (AvgIpc) is 2.59. The van der Waals surface area contributed by atoms with Gasteiger partial charge in [-0.1, -0.05) is 6.07 Å². The van der Waals surface area contributed by atoms with E-state index in [2.05, 4.69) is 15.2 Å². The highest BCUT2D eigenvalue weighted by Crippen LogP contribution is 2.13. The van der Waals surface area contributed by atoms with E-state index in [0.717, 1.165) is 5.56 Å². The van der Waals surface area contributed by atoms with Gasteiger partial charge in [0.1, 0.15) is 0 Å². The number of hydrogen-bond donors (Lipinski definition) is 2. The van der Waals surface area contributed by atoms with E-state index in [4.69, 9.17) is 12.2 Å². The topological polar surface area (TPSA) is 66.5 Å². The lowest BCUT2D eigenvalue weighted by molar-refractivity contribution is 0.606. The minimum Gasteiger partial charge on any atom is -0.272 e. The number of nitrogens with one attached hydrogen (secondary N) is 2. The molecular formula is C9H10N4OS. The summed E-state index contributed by atoms with van der Waals surface area (Å²) in [5.74, 6) is 0. The highest BCUT2D eigenvalue weighted by molar-refractivity contribution is 7.71. The molecule has 0 aromatic carbocycles. The zero-order chi connectivity index (χ0) is 10.8. The fraction of sp³-hybridized carbons (Fsp3) is 0.222. The molecule has 0 amide bonds. The molecule has 6 heteroatoms. The van der Waals surface area contributed by atoms with E-state index in [1.807, 2.05) is 19.1 Å². The number of rotatable bonds is 2. The number of aromatic nitrogens is 4. The summed E-state index contributed by atoms with van der Waals surface area (Å²) >= 11 is 5.00. The number of hydrogen-bond acceptors (Lipinski definition) is 3. The molecule has 0 aliphatic rings. The highest BCUT2D eigenvalue weighted by atomic mass is 32.1. The summed E-state index contributed by atoms with van der Waals surface area (Å²) < 4.78 is 1.86. The van der Waals surface area contributed by atoms with Gasteiger partial charge in [0.2, 0.25) is 0 Å². The van der Waals surface area contributed by atoms with E-state index >= 15 is 0 Å². The van der Waals surface area contributed by atoms with Crippen LogP contribution < -0.4 is 5.69 Å². The Morgan fingerprint density at radius 3 is 2.87 bits per heavy atom. The fourth-order valence-electron chi connectivity index (χ4n) is 1.44. The van der Waals surface area contributed by atoms with Crippen LogP contribution in [0.1, 0.15) is 18.5 Å². The third kappa shape index (κ3) is 1.75. The largest absolute Gasteiger partial charge is 0.342 e. The zero-order valence-electron chi connectivity index (χ0n) is 8.10. The van der Waals surface area contributed by atoms with Crippen LogP contribution in [0.5, 0.6) is 0 Å². The Balaban J connectivity index is 2.50. The molecule has 0 saturated carbocycles. The van der Waals surface area contributed by atoms with Crippen LogP contribution in [0.3, 0.4) is 0 Å². The van der Waals surface area contributed by atoms with Gasteiger partial charge in [0.05, 0.1) is 6.04 Å². The van der Waals surface area contributed by atoms with E-state index in [1.165, 1.54) is 4.57 Å². The molecule has 2 aromatic rings. The van der Waals surface area contributed by atoms with Crippen molar-refractivity contribution < 1.29 is 0 Å². The lowest BCUT2D eigenvalue weighted by Crippen LogP contribution is -2.21. The van der Waals surface area contributed by atoms with Crippen LogP contribution in [-0.4, -0.2) is 19.7 Å². The SMILES string of the molecule is CC(c1cccnc1)n1c(=O)[nH][nH]c1=S. The van der Waals surface area contributed by atoms with E-state index in [1.54, 1.807) is 12.4 Å². The van der Waals surface area contributed by atoms with Crippen molar-refractivity contribution in [1.29, 1.82) is 0 Å². The Hall–Kier alpha value is -1.69. The van der Waals surface area contributed by atoms with Crippen molar-refractivity contribution in [2.75, 3.05) is 0 Å². The molecule has 2 rings (SSSR count). The fourth-order valence-corrected chi connectivity index (χ4v) is 1.74. The second-order valence-electron chi connectivity index (χ2n) is 3.19. The van der Waals surface area contributed by atoms with E-state index < -0.39 is 0 Å². The normalized spacial score (nSPS) is 12.6. The van der Waals surface area contributed by atoms with Gasteiger partial charge < -0.3 is 0 Å². The zero-order valence-corrected chi connectivity index (χ0v) is 8.91. The molecule has 0 aliphatic heterocycles. The molecule has 0 saturated heterocycles. The summed E-state index contributed by atoms with van der Waals surface area (Å²) in [6.45, 7) is 1.90. The van der Waals surface area contributed by atoms with Gasteiger partial charge in [-0.2, -0.15) is 0 Å². The van der Waals surface area contributed by atoms with E-state index in [0.29, 0.717) is 4.77 Å². The predicted octanol–water partition coefficient (Wildman–Crippen LogP) is 1.24. The molecule has 15 heavy (non-hydrogen) atoms. The molecule has 2 heterocycles. The average molecular weight is 222 g/mol. The summed E-state index contributed by atoms with van der Waals surface area (Å²) in [5, 5.41) is 5.05. The molecule has 0 fully saturated rings.